The van der Waals surface area contributed by atoms with E-state index < -0.39 is 5.41 Å². The van der Waals surface area contributed by atoms with Crippen LogP contribution in [0.1, 0.15) is 44.9 Å². The third-order valence-corrected chi connectivity index (χ3v) is 5.24. The minimum absolute atomic E-state index is 0.339. The molecule has 0 fully saturated rings. The summed E-state index contributed by atoms with van der Waals surface area (Å²) in [5, 5.41) is 0. The van der Waals surface area contributed by atoms with Crippen molar-refractivity contribution in [1.29, 1.82) is 0 Å². The van der Waals surface area contributed by atoms with Crippen LogP contribution in [-0.2, 0) is 10.2 Å². The van der Waals surface area contributed by atoms with Crippen LogP contribution in [0.2, 0.25) is 0 Å². The van der Waals surface area contributed by atoms with Gasteiger partial charge < -0.3 is 10.6 Å². The highest BCUT2D eigenvalue weighted by Gasteiger charge is 2.41. The van der Waals surface area contributed by atoms with Crippen LogP contribution in [-0.4, -0.2) is 34.9 Å². The second-order valence-corrected chi connectivity index (χ2v) is 7.00. The quantitative estimate of drug-likeness (QED) is 0.802. The number of amides is 1. The number of nitrogens with two attached hydrogens (primary N) is 1. The van der Waals surface area contributed by atoms with Crippen molar-refractivity contribution in [3.8, 4) is 0 Å². The molecule has 2 rings (SSSR count). The van der Waals surface area contributed by atoms with Gasteiger partial charge in [-0.05, 0) is 58.4 Å². The first-order valence-corrected chi connectivity index (χ1v) is 8.88. The summed E-state index contributed by atoms with van der Waals surface area (Å²) in [5.74, 6) is -0.350. The lowest BCUT2D eigenvalue weighted by Gasteiger charge is -2.34. The highest BCUT2D eigenvalue weighted by molar-refractivity contribution is 5.90. The largest absolute Gasteiger partial charge is 0.369 e. The Morgan fingerprint density at radius 3 is 2.28 bits per heavy atom. The summed E-state index contributed by atoms with van der Waals surface area (Å²) < 4.78 is 0. The van der Waals surface area contributed by atoms with Crippen molar-refractivity contribution in [2.45, 2.75) is 51.1 Å². The van der Waals surface area contributed by atoms with Gasteiger partial charge in [0.1, 0.15) is 5.41 Å². The minimum Gasteiger partial charge on any atom is -0.369 e. The van der Waals surface area contributed by atoms with E-state index in [1.165, 1.54) is 0 Å². The molecule has 0 saturated heterocycles. The lowest BCUT2D eigenvalue weighted by atomic mass is 9.72. The van der Waals surface area contributed by atoms with E-state index in [-0.39, 0.29) is 5.91 Å². The number of hydrogen-bond donors (Lipinski definition) is 1. The molecule has 1 aromatic heterocycles. The van der Waals surface area contributed by atoms with E-state index in [0.717, 1.165) is 12.0 Å². The van der Waals surface area contributed by atoms with Crippen LogP contribution in [0.25, 0.3) is 0 Å². The number of hydrogen-bond acceptors (Lipinski definition) is 3. The summed E-state index contributed by atoms with van der Waals surface area (Å²) in [6, 6.07) is 16.2. The van der Waals surface area contributed by atoms with E-state index >= 15 is 0 Å². The minimum atomic E-state index is -0.908. The number of benzene rings is 1. The average molecular weight is 339 g/mol. The molecule has 0 aliphatic heterocycles. The normalized spacial score (nSPS) is 15.1. The van der Waals surface area contributed by atoms with Gasteiger partial charge in [-0.25, -0.2) is 0 Å². The predicted molar refractivity (Wildman–Crippen MR) is 102 cm³/mol. The molecule has 134 valence electrons. The second-order valence-electron chi connectivity index (χ2n) is 7.00. The Morgan fingerprint density at radius 1 is 1.12 bits per heavy atom. The fourth-order valence-corrected chi connectivity index (χ4v) is 3.29. The molecule has 2 atom stereocenters. The maximum atomic E-state index is 12.7. The van der Waals surface area contributed by atoms with E-state index in [4.69, 9.17) is 5.73 Å². The van der Waals surface area contributed by atoms with E-state index in [9.17, 15) is 4.79 Å². The Balaban J connectivity index is 2.44. The molecular formula is C21H29N3O. The topological polar surface area (TPSA) is 59.2 Å². The van der Waals surface area contributed by atoms with Gasteiger partial charge in [0.05, 0.1) is 5.69 Å². The average Bonchev–Trinajstić information content (AvgIpc) is 2.62. The number of nitrogens with zero attached hydrogens (tertiary/aromatic N) is 2. The third kappa shape index (κ3) is 4.07. The number of carbonyl (C=O) groups is 1. The van der Waals surface area contributed by atoms with Crippen molar-refractivity contribution in [1.82, 2.24) is 9.88 Å². The van der Waals surface area contributed by atoms with E-state index in [1.807, 2.05) is 48.5 Å². The van der Waals surface area contributed by atoms with Crippen molar-refractivity contribution in [3.63, 3.8) is 0 Å². The predicted octanol–water partition coefficient (Wildman–Crippen LogP) is 3.36. The van der Waals surface area contributed by atoms with Gasteiger partial charge in [-0.1, -0.05) is 36.4 Å². The summed E-state index contributed by atoms with van der Waals surface area (Å²) in [6.07, 6.45) is 3.20. The van der Waals surface area contributed by atoms with Gasteiger partial charge in [-0.3, -0.25) is 9.78 Å². The number of rotatable bonds is 8. The van der Waals surface area contributed by atoms with Crippen LogP contribution in [0.4, 0.5) is 0 Å². The van der Waals surface area contributed by atoms with E-state index in [2.05, 4.69) is 37.7 Å². The van der Waals surface area contributed by atoms with Crippen molar-refractivity contribution in [2.24, 2.45) is 5.73 Å². The third-order valence-electron chi connectivity index (χ3n) is 5.24. The molecule has 4 heteroatoms. The maximum Gasteiger partial charge on any atom is 0.234 e. The Bertz CT molecular complexity index is 631. The van der Waals surface area contributed by atoms with Crippen molar-refractivity contribution < 1.29 is 4.79 Å². The molecule has 0 aliphatic carbocycles. The van der Waals surface area contributed by atoms with Gasteiger partial charge in [-0.2, -0.15) is 0 Å². The molecule has 1 heterocycles. The summed E-state index contributed by atoms with van der Waals surface area (Å²) in [7, 11) is 2.12. The van der Waals surface area contributed by atoms with Gasteiger partial charge >= 0.3 is 0 Å². The second kappa shape index (κ2) is 8.26. The first-order chi connectivity index (χ1) is 11.9. The molecule has 0 aliphatic rings. The summed E-state index contributed by atoms with van der Waals surface area (Å²) in [4.78, 5) is 19.5. The highest BCUT2D eigenvalue weighted by atomic mass is 16.1. The lowest BCUT2D eigenvalue weighted by molar-refractivity contribution is -0.122. The summed E-state index contributed by atoms with van der Waals surface area (Å²) in [5.41, 5.74) is 6.68. The highest BCUT2D eigenvalue weighted by Crippen LogP contribution is 2.36. The van der Waals surface area contributed by atoms with Crippen LogP contribution >= 0.6 is 0 Å². The molecule has 0 radical (unpaired) electrons. The van der Waals surface area contributed by atoms with Crippen molar-refractivity contribution in [3.05, 3.63) is 66.0 Å². The zero-order chi connectivity index (χ0) is 18.4. The van der Waals surface area contributed by atoms with Gasteiger partial charge in [0.2, 0.25) is 5.91 Å². The number of pyridine rings is 1. The van der Waals surface area contributed by atoms with Crippen LogP contribution < -0.4 is 5.73 Å². The number of aromatic nitrogens is 1. The smallest absolute Gasteiger partial charge is 0.234 e. The molecule has 25 heavy (non-hydrogen) atoms. The number of primary amides is 1. The molecule has 1 aromatic carbocycles. The van der Waals surface area contributed by atoms with Crippen LogP contribution in [0.5, 0.6) is 0 Å². The Kier molecular flexibility index (Phi) is 6.32. The molecule has 0 bridgehead atoms. The van der Waals surface area contributed by atoms with Crippen molar-refractivity contribution in [2.75, 3.05) is 7.05 Å². The lowest BCUT2D eigenvalue weighted by Crippen LogP contribution is -2.45. The SMILES string of the molecule is CC(C)N(C)C(C)CCC(C(N)=O)(c1ccccc1)c1ccccn1. The molecular weight excluding hydrogens is 310 g/mol. The first kappa shape index (κ1) is 19.1. The van der Waals surface area contributed by atoms with E-state index in [1.54, 1.807) is 6.20 Å². The number of carbonyl (C=O) groups excluding carboxylic acids is 1. The van der Waals surface area contributed by atoms with Crippen LogP contribution in [0, 0.1) is 0 Å². The first-order valence-electron chi connectivity index (χ1n) is 8.88. The van der Waals surface area contributed by atoms with Gasteiger partial charge in [0.25, 0.3) is 0 Å². The molecule has 2 aromatic rings. The summed E-state index contributed by atoms with van der Waals surface area (Å²) >= 11 is 0. The fourth-order valence-electron chi connectivity index (χ4n) is 3.29. The summed E-state index contributed by atoms with van der Waals surface area (Å²) in [6.45, 7) is 6.54. The molecule has 2 unspecified atom stereocenters. The molecule has 1 amide bonds. The van der Waals surface area contributed by atoms with Crippen LogP contribution in [0.15, 0.2) is 54.7 Å². The molecule has 0 spiro atoms. The maximum absolute atomic E-state index is 12.7. The van der Waals surface area contributed by atoms with Gasteiger partial charge in [0, 0.05) is 18.3 Å². The Labute approximate surface area is 151 Å². The molecule has 0 saturated carbocycles. The zero-order valence-electron chi connectivity index (χ0n) is 15.6. The van der Waals surface area contributed by atoms with Gasteiger partial charge in [0.15, 0.2) is 0 Å². The molecule has 2 N–H and O–H groups in total. The van der Waals surface area contributed by atoms with Crippen LogP contribution in [0.3, 0.4) is 0 Å². The Hall–Kier alpha value is -2.20. The standard InChI is InChI=1S/C21H29N3O/c1-16(2)24(4)17(3)13-14-21(20(22)25,18-10-6-5-7-11-18)19-12-8-9-15-23-19/h5-12,15-17H,13-14H2,1-4H3,(H2,22,25). The fraction of sp³-hybridized carbons (Fsp3) is 0.429. The monoisotopic (exact) mass is 339 g/mol. The van der Waals surface area contributed by atoms with E-state index in [0.29, 0.717) is 24.2 Å². The zero-order valence-corrected chi connectivity index (χ0v) is 15.6. The van der Waals surface area contributed by atoms with Crippen molar-refractivity contribution >= 4 is 5.91 Å². The Morgan fingerprint density at radius 2 is 1.76 bits per heavy atom. The molecule has 4 nitrogen and oxygen atoms in total. The van der Waals surface area contributed by atoms with Gasteiger partial charge in [-0.15, -0.1) is 0 Å².